The minimum atomic E-state index is 0.0458. The van der Waals surface area contributed by atoms with Crippen molar-refractivity contribution in [3.63, 3.8) is 0 Å². The van der Waals surface area contributed by atoms with Crippen LogP contribution in [0.3, 0.4) is 0 Å². The van der Waals surface area contributed by atoms with Gasteiger partial charge in [0.25, 0.3) is 0 Å². The van der Waals surface area contributed by atoms with Crippen LogP contribution in [0.2, 0.25) is 0 Å². The standard InChI is InChI=1S/C31H55N3O2.C29H51N3O2.C10H15N/c1-6-9-15-29(33-21-13-12-20-32-27(4)5)26-31(35)28-16-18-30(19-17-28)36-25-14-24-34(22-10-7-2)23-11-8-3;1-6-9-13-27(31-19-18-30-25(4)5)24-29(33)26-14-16-28(17-15-26)34-23-12-22-32(20-10-7-2)21-11-8-3;1-8(2)11-10-6-4-9(3)5-7-10/h16-19,26-27,32-33H,6-15,20-25H2,1-5H3;14-17,24-25,30-31H,6-13,18-23H2,1-5H3;4-8,11H,1-3H3/b29-26+;27-24+;. The SMILES string of the molecule is CCCC/C(=C\C(=O)c1ccc(OCCCN(CCCC)CCCC)cc1)NCCCCNC(C)C.CCCC/C(=C\C(=O)c1ccc(OCCCN(CCCC)CCCC)cc1)NCCNC(C)C.Cc1ccc(NC(C)C)cc1. The van der Waals surface area contributed by atoms with Crippen molar-refractivity contribution >= 4 is 17.3 Å². The fraction of sp³-hybridized carbons (Fsp3) is 0.657. The largest absolute Gasteiger partial charge is 0.494 e. The number of hydrogen-bond acceptors (Lipinski definition) is 11. The van der Waals surface area contributed by atoms with Crippen molar-refractivity contribution in [2.45, 2.75) is 224 Å². The average molecular weight is 1120 g/mol. The highest BCUT2D eigenvalue weighted by molar-refractivity contribution is 6.05. The number of hydrogen-bond donors (Lipinski definition) is 5. The molecule has 11 nitrogen and oxygen atoms in total. The van der Waals surface area contributed by atoms with Gasteiger partial charge in [-0.05, 0) is 191 Å². The maximum Gasteiger partial charge on any atom is 0.187 e. The van der Waals surface area contributed by atoms with Gasteiger partial charge in [0.05, 0.1) is 13.2 Å². The lowest BCUT2D eigenvalue weighted by molar-refractivity contribution is 0.103. The fourth-order valence-electron chi connectivity index (χ4n) is 8.68. The van der Waals surface area contributed by atoms with E-state index < -0.39 is 0 Å². The highest BCUT2D eigenvalue weighted by Crippen LogP contribution is 2.17. The third kappa shape index (κ3) is 41.0. The van der Waals surface area contributed by atoms with Crippen LogP contribution < -0.4 is 36.1 Å². The summed E-state index contributed by atoms with van der Waals surface area (Å²) in [7, 11) is 0. The summed E-state index contributed by atoms with van der Waals surface area (Å²) in [4.78, 5) is 30.8. The molecule has 0 fully saturated rings. The van der Waals surface area contributed by atoms with E-state index >= 15 is 0 Å². The van der Waals surface area contributed by atoms with Crippen LogP contribution in [0.1, 0.15) is 225 Å². The molecule has 0 unspecified atom stereocenters. The summed E-state index contributed by atoms with van der Waals surface area (Å²) in [5, 5.41) is 17.1. The second kappa shape index (κ2) is 49.9. The average Bonchev–Trinajstić information content (AvgIpc) is 3.46. The molecule has 3 aromatic carbocycles. The first-order valence-corrected chi connectivity index (χ1v) is 32.4. The molecule has 3 aromatic rings. The number of benzene rings is 3. The lowest BCUT2D eigenvalue weighted by Gasteiger charge is -2.21. The molecule has 0 aliphatic rings. The van der Waals surface area contributed by atoms with Gasteiger partial charge >= 0.3 is 0 Å². The molecular formula is C70H121N7O4. The van der Waals surface area contributed by atoms with Gasteiger partial charge in [0, 0.05) is 91.2 Å². The zero-order valence-electron chi connectivity index (χ0n) is 54.1. The molecule has 0 aliphatic carbocycles. The first kappa shape index (κ1) is 74.3. The highest BCUT2D eigenvalue weighted by atomic mass is 16.5. The molecule has 0 bridgehead atoms. The predicted octanol–water partition coefficient (Wildman–Crippen LogP) is 16.0. The summed E-state index contributed by atoms with van der Waals surface area (Å²) in [5.74, 6) is 1.77. The summed E-state index contributed by atoms with van der Waals surface area (Å²) in [6.07, 6.45) is 24.1. The molecule has 460 valence electrons. The number of ketones is 2. The van der Waals surface area contributed by atoms with E-state index in [1.54, 1.807) is 12.2 Å². The second-order valence-corrected chi connectivity index (χ2v) is 22.8. The number of nitrogens with one attached hydrogen (secondary N) is 5. The highest BCUT2D eigenvalue weighted by Gasteiger charge is 2.10. The van der Waals surface area contributed by atoms with Crippen LogP contribution in [0.15, 0.2) is 96.3 Å². The molecule has 3 rings (SSSR count). The maximum atomic E-state index is 12.9. The Balaban J connectivity index is 0.000000681. The second-order valence-electron chi connectivity index (χ2n) is 22.8. The number of nitrogens with zero attached hydrogens (tertiary/aromatic N) is 2. The van der Waals surface area contributed by atoms with E-state index in [0.717, 1.165) is 126 Å². The zero-order valence-corrected chi connectivity index (χ0v) is 54.1. The van der Waals surface area contributed by atoms with Crippen LogP contribution >= 0.6 is 0 Å². The number of ether oxygens (including phenoxy) is 2. The monoisotopic (exact) mass is 1120 g/mol. The lowest BCUT2D eigenvalue weighted by Crippen LogP contribution is -2.31. The van der Waals surface area contributed by atoms with Crippen LogP contribution in [0.4, 0.5) is 5.69 Å². The molecule has 0 spiro atoms. The Morgan fingerprint density at radius 1 is 0.432 bits per heavy atom. The Kier molecular flexibility index (Phi) is 45.8. The smallest absolute Gasteiger partial charge is 0.187 e. The van der Waals surface area contributed by atoms with Crippen molar-refractivity contribution in [1.82, 2.24) is 31.1 Å². The molecule has 0 radical (unpaired) electrons. The Hall–Kier alpha value is -4.68. The fourth-order valence-corrected chi connectivity index (χ4v) is 8.68. The van der Waals surface area contributed by atoms with E-state index in [4.69, 9.17) is 9.47 Å². The van der Waals surface area contributed by atoms with Crippen LogP contribution in [0.25, 0.3) is 0 Å². The van der Waals surface area contributed by atoms with Crippen molar-refractivity contribution < 1.29 is 19.1 Å². The summed E-state index contributed by atoms with van der Waals surface area (Å²) in [6, 6.07) is 25.2. The molecule has 0 amide bonds. The lowest BCUT2D eigenvalue weighted by atomic mass is 10.1. The van der Waals surface area contributed by atoms with Crippen molar-refractivity contribution in [1.29, 1.82) is 0 Å². The third-order valence-corrected chi connectivity index (χ3v) is 13.6. The van der Waals surface area contributed by atoms with Crippen molar-refractivity contribution in [2.24, 2.45) is 0 Å². The number of unbranched alkanes of at least 4 members (excludes halogenated alkanes) is 7. The number of carbonyl (C=O) groups is 2. The molecule has 5 N–H and O–H groups in total. The van der Waals surface area contributed by atoms with Crippen molar-refractivity contribution in [3.05, 3.63) is 113 Å². The van der Waals surface area contributed by atoms with Crippen LogP contribution in [0.5, 0.6) is 11.5 Å². The van der Waals surface area contributed by atoms with Gasteiger partial charge in [0.1, 0.15) is 11.5 Å². The first-order chi connectivity index (χ1) is 39.2. The van der Waals surface area contributed by atoms with Gasteiger partial charge in [-0.25, -0.2) is 0 Å². The van der Waals surface area contributed by atoms with E-state index in [1.807, 2.05) is 48.5 Å². The topological polar surface area (TPSA) is 119 Å². The van der Waals surface area contributed by atoms with Gasteiger partial charge in [-0.15, -0.1) is 0 Å². The molecule has 0 aromatic heterocycles. The van der Waals surface area contributed by atoms with Crippen molar-refractivity contribution in [3.8, 4) is 11.5 Å². The summed E-state index contributed by atoms with van der Waals surface area (Å²) in [5.41, 5.74) is 5.99. The quantitative estimate of drug-likeness (QED) is 0.0211. The van der Waals surface area contributed by atoms with Gasteiger partial charge in [-0.1, -0.05) is 125 Å². The first-order valence-electron chi connectivity index (χ1n) is 32.4. The molecule has 11 heteroatoms. The van der Waals surface area contributed by atoms with Gasteiger partial charge in [0.2, 0.25) is 0 Å². The number of aryl methyl sites for hydroxylation is 1. The third-order valence-electron chi connectivity index (χ3n) is 13.6. The molecule has 81 heavy (non-hydrogen) atoms. The van der Waals surface area contributed by atoms with E-state index in [9.17, 15) is 9.59 Å². The predicted molar refractivity (Wildman–Crippen MR) is 351 cm³/mol. The van der Waals surface area contributed by atoms with E-state index in [-0.39, 0.29) is 11.6 Å². The van der Waals surface area contributed by atoms with Gasteiger partial charge in [-0.2, -0.15) is 0 Å². The van der Waals surface area contributed by atoms with E-state index in [2.05, 4.69) is 151 Å². The van der Waals surface area contributed by atoms with E-state index in [0.29, 0.717) is 42.5 Å². The minimum absolute atomic E-state index is 0.0458. The summed E-state index contributed by atoms with van der Waals surface area (Å²) < 4.78 is 11.9. The van der Waals surface area contributed by atoms with E-state index in [1.165, 1.54) is 88.8 Å². The van der Waals surface area contributed by atoms with Gasteiger partial charge < -0.3 is 45.9 Å². The molecule has 0 saturated carbocycles. The molecule has 0 heterocycles. The molecule has 0 atom stereocenters. The van der Waals surface area contributed by atoms with Crippen LogP contribution in [0, 0.1) is 6.92 Å². The number of anilines is 1. The van der Waals surface area contributed by atoms with Gasteiger partial charge in [-0.3, -0.25) is 9.59 Å². The molecular weight excluding hydrogens is 1000 g/mol. The molecule has 0 aliphatic heterocycles. The Bertz CT molecular complexity index is 2000. The van der Waals surface area contributed by atoms with Gasteiger partial charge in [0.15, 0.2) is 11.6 Å². The Labute approximate surface area is 497 Å². The molecule has 0 saturated heterocycles. The maximum absolute atomic E-state index is 12.9. The Morgan fingerprint density at radius 2 is 0.802 bits per heavy atom. The zero-order chi connectivity index (χ0) is 59.7. The Morgan fingerprint density at radius 3 is 1.19 bits per heavy atom. The number of carbonyl (C=O) groups excluding carboxylic acids is 2. The minimum Gasteiger partial charge on any atom is -0.494 e. The number of rotatable bonds is 46. The summed E-state index contributed by atoms with van der Waals surface area (Å²) >= 11 is 0. The van der Waals surface area contributed by atoms with Crippen molar-refractivity contribution in [2.75, 3.05) is 84.0 Å². The van der Waals surface area contributed by atoms with Crippen LogP contribution in [-0.2, 0) is 0 Å². The normalized spacial score (nSPS) is 11.7. The van der Waals surface area contributed by atoms with Crippen LogP contribution in [-0.4, -0.2) is 118 Å². The summed E-state index contributed by atoms with van der Waals surface area (Å²) in [6.45, 7) is 40.3. The number of allylic oxidation sites excluding steroid dienone is 4.